The summed E-state index contributed by atoms with van der Waals surface area (Å²) in [4.78, 5) is 14.2. The number of nitrogens with zero attached hydrogens (tertiary/aromatic N) is 1. The van der Waals surface area contributed by atoms with Gasteiger partial charge in [0.15, 0.2) is 0 Å². The van der Waals surface area contributed by atoms with Crippen LogP contribution in [0.5, 0.6) is 0 Å². The Morgan fingerprint density at radius 3 is 2.55 bits per heavy atom. The predicted molar refractivity (Wildman–Crippen MR) is 84.5 cm³/mol. The van der Waals surface area contributed by atoms with Crippen molar-refractivity contribution in [3.63, 3.8) is 0 Å². The molecule has 1 rings (SSSR count). The minimum atomic E-state index is 0.0358. The first-order chi connectivity index (χ1) is 9.45. The normalized spacial score (nSPS) is 12.8. The highest BCUT2D eigenvalue weighted by Gasteiger charge is 2.14. The van der Waals surface area contributed by atoms with Crippen LogP contribution in [-0.4, -0.2) is 30.4 Å². The Morgan fingerprint density at radius 1 is 1.30 bits per heavy atom. The summed E-state index contributed by atoms with van der Waals surface area (Å²) in [6.45, 7) is 7.76. The second-order valence-corrected chi connectivity index (χ2v) is 5.62. The van der Waals surface area contributed by atoms with Gasteiger partial charge in [-0.05, 0) is 31.5 Å². The molecule has 0 fully saturated rings. The second-order valence-electron chi connectivity index (χ2n) is 5.62. The molecule has 1 amide bonds. The van der Waals surface area contributed by atoms with Crippen LogP contribution in [0.3, 0.4) is 0 Å². The Kier molecular flexibility index (Phi) is 6.68. The summed E-state index contributed by atoms with van der Waals surface area (Å²) < 4.78 is 0. The number of rotatable bonds is 7. The molecule has 0 aromatic heterocycles. The van der Waals surface area contributed by atoms with Crippen LogP contribution in [0.25, 0.3) is 0 Å². The molecule has 1 aromatic rings. The second kappa shape index (κ2) is 8.02. The van der Waals surface area contributed by atoms with Crippen LogP contribution in [0, 0.1) is 5.92 Å². The molecule has 4 nitrogen and oxygen atoms in total. The number of anilines is 1. The van der Waals surface area contributed by atoms with Gasteiger partial charge in [-0.15, -0.1) is 0 Å². The van der Waals surface area contributed by atoms with E-state index < -0.39 is 0 Å². The van der Waals surface area contributed by atoms with Crippen molar-refractivity contribution in [3.05, 3.63) is 29.8 Å². The average Bonchev–Trinajstić information content (AvgIpc) is 2.44. The van der Waals surface area contributed by atoms with Crippen molar-refractivity contribution in [2.75, 3.05) is 18.9 Å². The number of nitrogens with one attached hydrogen (secondary N) is 1. The molecule has 0 aliphatic carbocycles. The Labute approximate surface area is 122 Å². The quantitative estimate of drug-likeness (QED) is 0.805. The predicted octanol–water partition coefficient (Wildman–Crippen LogP) is 2.45. The summed E-state index contributed by atoms with van der Waals surface area (Å²) >= 11 is 0. The molecule has 0 saturated carbocycles. The monoisotopic (exact) mass is 277 g/mol. The molecule has 20 heavy (non-hydrogen) atoms. The van der Waals surface area contributed by atoms with Gasteiger partial charge < -0.3 is 16.0 Å². The van der Waals surface area contributed by atoms with E-state index in [-0.39, 0.29) is 5.91 Å². The molecule has 0 heterocycles. The van der Waals surface area contributed by atoms with Gasteiger partial charge in [0, 0.05) is 31.2 Å². The molecule has 3 N–H and O–H groups in total. The van der Waals surface area contributed by atoms with E-state index in [9.17, 15) is 4.79 Å². The van der Waals surface area contributed by atoms with Gasteiger partial charge >= 0.3 is 0 Å². The number of carbonyl (C=O) groups is 1. The largest absolute Gasteiger partial charge is 0.326 e. The average molecular weight is 277 g/mol. The third kappa shape index (κ3) is 4.94. The van der Waals surface area contributed by atoms with E-state index in [2.05, 4.69) is 38.0 Å². The van der Waals surface area contributed by atoms with Gasteiger partial charge in [-0.2, -0.15) is 0 Å². The van der Waals surface area contributed by atoms with E-state index in [1.165, 1.54) is 0 Å². The third-order valence-corrected chi connectivity index (χ3v) is 3.86. The lowest BCUT2D eigenvalue weighted by Gasteiger charge is -2.27. The molecule has 0 spiro atoms. The zero-order chi connectivity index (χ0) is 15.1. The van der Waals surface area contributed by atoms with Gasteiger partial charge in [0.2, 0.25) is 5.91 Å². The minimum absolute atomic E-state index is 0.0358. The fourth-order valence-electron chi connectivity index (χ4n) is 2.02. The van der Waals surface area contributed by atoms with E-state index in [4.69, 9.17) is 5.73 Å². The van der Waals surface area contributed by atoms with Crippen molar-refractivity contribution >= 4 is 11.6 Å². The van der Waals surface area contributed by atoms with Gasteiger partial charge in [0.1, 0.15) is 0 Å². The molecule has 0 bridgehead atoms. The zero-order valence-corrected chi connectivity index (χ0v) is 13.0. The number of nitrogens with two attached hydrogens (primary N) is 1. The van der Waals surface area contributed by atoms with Crippen LogP contribution < -0.4 is 11.1 Å². The smallest absolute Gasteiger partial charge is 0.225 e. The molecule has 1 aromatic carbocycles. The SMILES string of the molecule is CC(C)C(C)N(C)CCC(=O)Nc1ccccc1CN. The van der Waals surface area contributed by atoms with Crippen LogP contribution >= 0.6 is 0 Å². The van der Waals surface area contributed by atoms with Crippen molar-refractivity contribution in [2.24, 2.45) is 11.7 Å². The zero-order valence-electron chi connectivity index (χ0n) is 13.0. The number of hydrogen-bond acceptors (Lipinski definition) is 3. The summed E-state index contributed by atoms with van der Waals surface area (Å²) in [6, 6.07) is 8.12. The highest BCUT2D eigenvalue weighted by atomic mass is 16.1. The Bertz CT molecular complexity index is 431. The third-order valence-electron chi connectivity index (χ3n) is 3.86. The first-order valence-electron chi connectivity index (χ1n) is 7.23. The minimum Gasteiger partial charge on any atom is -0.326 e. The van der Waals surface area contributed by atoms with Crippen molar-refractivity contribution in [1.82, 2.24) is 4.90 Å². The number of carbonyl (C=O) groups excluding carboxylic acids is 1. The standard InChI is InChI=1S/C16H27N3O/c1-12(2)13(3)19(4)10-9-16(20)18-15-8-6-5-7-14(15)11-17/h5-8,12-13H,9-11,17H2,1-4H3,(H,18,20). The maximum Gasteiger partial charge on any atom is 0.225 e. The molecule has 4 heteroatoms. The van der Waals surface area contributed by atoms with Crippen LogP contribution in [0.2, 0.25) is 0 Å². The summed E-state index contributed by atoms with van der Waals surface area (Å²) in [5.41, 5.74) is 7.44. The Hall–Kier alpha value is -1.39. The van der Waals surface area contributed by atoms with Crippen LogP contribution in [0.4, 0.5) is 5.69 Å². The molecular weight excluding hydrogens is 250 g/mol. The van der Waals surface area contributed by atoms with E-state index >= 15 is 0 Å². The van der Waals surface area contributed by atoms with Crippen LogP contribution in [0.1, 0.15) is 32.8 Å². The number of hydrogen-bond donors (Lipinski definition) is 2. The molecule has 0 radical (unpaired) electrons. The van der Waals surface area contributed by atoms with E-state index in [1.54, 1.807) is 0 Å². The van der Waals surface area contributed by atoms with Crippen LogP contribution in [0.15, 0.2) is 24.3 Å². The first kappa shape index (κ1) is 16.7. The van der Waals surface area contributed by atoms with E-state index in [0.717, 1.165) is 17.8 Å². The first-order valence-corrected chi connectivity index (χ1v) is 7.23. The Morgan fingerprint density at radius 2 is 1.95 bits per heavy atom. The summed E-state index contributed by atoms with van der Waals surface area (Å²) in [5.74, 6) is 0.620. The van der Waals surface area contributed by atoms with Crippen molar-refractivity contribution in [1.29, 1.82) is 0 Å². The van der Waals surface area contributed by atoms with Gasteiger partial charge in [-0.1, -0.05) is 32.0 Å². The topological polar surface area (TPSA) is 58.4 Å². The maximum absolute atomic E-state index is 12.0. The lowest BCUT2D eigenvalue weighted by atomic mass is 10.1. The lowest BCUT2D eigenvalue weighted by molar-refractivity contribution is -0.116. The van der Waals surface area contributed by atoms with Gasteiger partial charge in [-0.3, -0.25) is 4.79 Å². The molecular formula is C16H27N3O. The summed E-state index contributed by atoms with van der Waals surface area (Å²) in [7, 11) is 2.06. The van der Waals surface area contributed by atoms with Crippen LogP contribution in [-0.2, 0) is 11.3 Å². The Balaban J connectivity index is 2.48. The molecule has 0 saturated heterocycles. The van der Waals surface area contributed by atoms with Crippen molar-refractivity contribution in [3.8, 4) is 0 Å². The number of benzene rings is 1. The molecule has 1 atom stereocenters. The molecule has 1 unspecified atom stereocenters. The highest BCUT2D eigenvalue weighted by molar-refractivity contribution is 5.91. The fourth-order valence-corrected chi connectivity index (χ4v) is 2.02. The summed E-state index contributed by atoms with van der Waals surface area (Å²) in [6.07, 6.45) is 0.493. The molecule has 112 valence electrons. The number of amides is 1. The fraction of sp³-hybridized carbons (Fsp3) is 0.562. The van der Waals surface area contributed by atoms with Crippen molar-refractivity contribution in [2.45, 2.75) is 39.8 Å². The lowest BCUT2D eigenvalue weighted by Crippen LogP contribution is -2.35. The van der Waals surface area contributed by atoms with Gasteiger partial charge in [0.05, 0.1) is 0 Å². The molecule has 0 aliphatic rings. The summed E-state index contributed by atoms with van der Waals surface area (Å²) in [5, 5.41) is 2.94. The van der Waals surface area contributed by atoms with Gasteiger partial charge in [-0.25, -0.2) is 0 Å². The number of para-hydroxylation sites is 1. The van der Waals surface area contributed by atoms with Crippen molar-refractivity contribution < 1.29 is 4.79 Å². The maximum atomic E-state index is 12.0. The molecule has 0 aliphatic heterocycles. The van der Waals surface area contributed by atoms with E-state index in [0.29, 0.717) is 24.9 Å². The van der Waals surface area contributed by atoms with Gasteiger partial charge in [0.25, 0.3) is 0 Å². The highest BCUT2D eigenvalue weighted by Crippen LogP contribution is 2.14. The van der Waals surface area contributed by atoms with E-state index in [1.807, 2.05) is 24.3 Å².